The maximum absolute atomic E-state index is 12.2. The number of carbonyl (C=O) groups excluding carboxylic acids is 1. The Bertz CT molecular complexity index is 437. The van der Waals surface area contributed by atoms with Gasteiger partial charge in [-0.2, -0.15) is 0 Å². The molecule has 17 heavy (non-hydrogen) atoms. The molecule has 3 heteroatoms. The van der Waals surface area contributed by atoms with Gasteiger partial charge in [-0.25, -0.2) is 0 Å². The summed E-state index contributed by atoms with van der Waals surface area (Å²) in [5.74, 6) is 2.61. The summed E-state index contributed by atoms with van der Waals surface area (Å²) in [6.45, 7) is 2.97. The molecule has 1 amide bonds. The van der Waals surface area contributed by atoms with Gasteiger partial charge in [-0.1, -0.05) is 24.1 Å². The second-order valence-corrected chi connectivity index (χ2v) is 4.11. The van der Waals surface area contributed by atoms with Crippen molar-refractivity contribution in [2.24, 2.45) is 0 Å². The van der Waals surface area contributed by atoms with Crippen LogP contribution in [0.4, 0.5) is 5.69 Å². The van der Waals surface area contributed by atoms with Crippen LogP contribution in [0.1, 0.15) is 12.5 Å². The first-order chi connectivity index (χ1) is 8.26. The Labute approximate surface area is 102 Å². The predicted molar refractivity (Wildman–Crippen MR) is 68.6 cm³/mol. The van der Waals surface area contributed by atoms with Crippen LogP contribution in [-0.2, 0) is 11.2 Å². The molecule has 1 heterocycles. The number of rotatable bonds is 3. The van der Waals surface area contributed by atoms with Crippen LogP contribution in [-0.4, -0.2) is 29.9 Å². The molecule has 3 nitrogen and oxygen atoms in total. The molecule has 0 aliphatic carbocycles. The van der Waals surface area contributed by atoms with E-state index in [4.69, 9.17) is 6.42 Å². The number of hydrogen-bond acceptors (Lipinski definition) is 2. The van der Waals surface area contributed by atoms with Crippen molar-refractivity contribution < 1.29 is 4.79 Å². The highest BCUT2D eigenvalue weighted by atomic mass is 16.2. The van der Waals surface area contributed by atoms with Crippen molar-refractivity contribution in [1.29, 1.82) is 0 Å². The number of anilines is 1. The summed E-state index contributed by atoms with van der Waals surface area (Å²) in [7, 11) is 0. The Morgan fingerprint density at radius 1 is 1.59 bits per heavy atom. The summed E-state index contributed by atoms with van der Waals surface area (Å²) in [5.41, 5.74) is 2.25. The number of amides is 1. The minimum Gasteiger partial charge on any atom is -0.373 e. The minimum atomic E-state index is -0.166. The fraction of sp³-hybridized carbons (Fsp3) is 0.357. The van der Waals surface area contributed by atoms with Gasteiger partial charge in [-0.3, -0.25) is 4.79 Å². The van der Waals surface area contributed by atoms with Gasteiger partial charge in [0.1, 0.15) is 6.04 Å². The zero-order valence-electron chi connectivity index (χ0n) is 9.94. The van der Waals surface area contributed by atoms with Crippen molar-refractivity contribution >= 4 is 11.6 Å². The van der Waals surface area contributed by atoms with E-state index in [2.05, 4.69) is 11.2 Å². The molecule has 2 rings (SSSR count). The van der Waals surface area contributed by atoms with Crippen LogP contribution in [0.15, 0.2) is 24.3 Å². The van der Waals surface area contributed by atoms with Crippen LogP contribution in [0, 0.1) is 12.3 Å². The molecule has 1 aliphatic rings. The molecular weight excluding hydrogens is 212 g/mol. The lowest BCUT2D eigenvalue weighted by molar-refractivity contribution is -0.131. The maximum atomic E-state index is 12.2. The second-order valence-electron chi connectivity index (χ2n) is 4.11. The Kier molecular flexibility index (Phi) is 3.34. The number of terminal acetylenes is 1. The standard InChI is InChI=1S/C14H16N2O/c1-3-9-16(4-2)14(17)13-10-11-7-5-6-8-12(11)15-13/h1,5-8,13,15H,4,9-10H2,2H3. The van der Waals surface area contributed by atoms with Crippen molar-refractivity contribution in [2.45, 2.75) is 19.4 Å². The monoisotopic (exact) mass is 228 g/mol. The normalized spacial score (nSPS) is 16.8. The molecule has 1 N–H and O–H groups in total. The molecular formula is C14H16N2O. The molecule has 0 fully saturated rings. The zero-order valence-corrected chi connectivity index (χ0v) is 9.94. The highest BCUT2D eigenvalue weighted by Gasteiger charge is 2.28. The van der Waals surface area contributed by atoms with Crippen LogP contribution in [0.5, 0.6) is 0 Å². The van der Waals surface area contributed by atoms with Crippen molar-refractivity contribution in [3.63, 3.8) is 0 Å². The fourth-order valence-corrected chi connectivity index (χ4v) is 2.12. The first kappa shape index (κ1) is 11.5. The van der Waals surface area contributed by atoms with Crippen molar-refractivity contribution in [1.82, 2.24) is 4.90 Å². The first-order valence-electron chi connectivity index (χ1n) is 5.83. The zero-order chi connectivity index (χ0) is 12.3. The van der Waals surface area contributed by atoms with Crippen LogP contribution in [0.3, 0.4) is 0 Å². The van der Waals surface area contributed by atoms with Gasteiger partial charge in [0, 0.05) is 18.7 Å². The van der Waals surface area contributed by atoms with Gasteiger partial charge in [0.15, 0.2) is 0 Å². The van der Waals surface area contributed by atoms with Gasteiger partial charge in [0.05, 0.1) is 6.54 Å². The SMILES string of the molecule is C#CCN(CC)C(=O)C1Cc2ccccc2N1. The van der Waals surface area contributed by atoms with Gasteiger partial charge in [-0.05, 0) is 18.6 Å². The largest absolute Gasteiger partial charge is 0.373 e. The number of para-hydroxylation sites is 1. The third kappa shape index (κ3) is 2.26. The third-order valence-electron chi connectivity index (χ3n) is 3.04. The maximum Gasteiger partial charge on any atom is 0.246 e. The Hall–Kier alpha value is -1.95. The number of benzene rings is 1. The number of nitrogens with one attached hydrogen (secondary N) is 1. The van der Waals surface area contributed by atoms with Crippen LogP contribution in [0.2, 0.25) is 0 Å². The molecule has 0 aromatic heterocycles. The summed E-state index contributed by atoms with van der Waals surface area (Å²) in [4.78, 5) is 13.9. The fourth-order valence-electron chi connectivity index (χ4n) is 2.12. The van der Waals surface area contributed by atoms with E-state index in [9.17, 15) is 4.79 Å². The molecule has 1 unspecified atom stereocenters. The van der Waals surface area contributed by atoms with Gasteiger partial charge >= 0.3 is 0 Å². The highest BCUT2D eigenvalue weighted by Crippen LogP contribution is 2.25. The van der Waals surface area contributed by atoms with Gasteiger partial charge in [0.25, 0.3) is 0 Å². The quantitative estimate of drug-likeness (QED) is 0.795. The van der Waals surface area contributed by atoms with Gasteiger partial charge in [0.2, 0.25) is 5.91 Å². The van der Waals surface area contributed by atoms with Crippen molar-refractivity contribution in [2.75, 3.05) is 18.4 Å². The molecule has 1 aliphatic heterocycles. The van der Waals surface area contributed by atoms with Crippen LogP contribution < -0.4 is 5.32 Å². The highest BCUT2D eigenvalue weighted by molar-refractivity contribution is 5.87. The van der Waals surface area contributed by atoms with E-state index in [1.54, 1.807) is 4.90 Å². The second kappa shape index (κ2) is 4.92. The average molecular weight is 228 g/mol. The van der Waals surface area contributed by atoms with E-state index >= 15 is 0 Å². The van der Waals surface area contributed by atoms with E-state index in [0.29, 0.717) is 13.1 Å². The van der Waals surface area contributed by atoms with E-state index in [0.717, 1.165) is 12.1 Å². The Morgan fingerprint density at radius 3 is 3.00 bits per heavy atom. The summed E-state index contributed by atoms with van der Waals surface area (Å²) in [6, 6.07) is 7.85. The molecule has 0 saturated carbocycles. The molecule has 0 bridgehead atoms. The lowest BCUT2D eigenvalue weighted by atomic mass is 10.1. The number of fused-ring (bicyclic) bond motifs is 1. The van der Waals surface area contributed by atoms with Crippen molar-refractivity contribution in [3.8, 4) is 12.3 Å². The molecule has 1 aromatic carbocycles. The number of hydrogen-bond donors (Lipinski definition) is 1. The third-order valence-corrected chi connectivity index (χ3v) is 3.04. The van der Waals surface area contributed by atoms with E-state index in [1.165, 1.54) is 5.56 Å². The van der Waals surface area contributed by atoms with E-state index in [1.807, 2.05) is 31.2 Å². The molecule has 1 aromatic rings. The first-order valence-corrected chi connectivity index (χ1v) is 5.83. The average Bonchev–Trinajstić information content (AvgIpc) is 2.78. The Morgan fingerprint density at radius 2 is 2.35 bits per heavy atom. The molecule has 88 valence electrons. The number of nitrogens with zero attached hydrogens (tertiary/aromatic N) is 1. The number of carbonyl (C=O) groups is 1. The molecule has 0 radical (unpaired) electrons. The lowest BCUT2D eigenvalue weighted by Crippen LogP contribution is -2.42. The minimum absolute atomic E-state index is 0.0849. The molecule has 1 atom stereocenters. The summed E-state index contributed by atoms with van der Waals surface area (Å²) in [5, 5.41) is 3.25. The van der Waals surface area contributed by atoms with Crippen molar-refractivity contribution in [3.05, 3.63) is 29.8 Å². The topological polar surface area (TPSA) is 32.3 Å². The predicted octanol–water partition coefficient (Wildman–Crippen LogP) is 1.50. The summed E-state index contributed by atoms with van der Waals surface area (Å²) >= 11 is 0. The Balaban J connectivity index is 2.08. The van der Waals surface area contributed by atoms with Gasteiger partial charge in [-0.15, -0.1) is 6.42 Å². The van der Waals surface area contributed by atoms with Gasteiger partial charge < -0.3 is 10.2 Å². The van der Waals surface area contributed by atoms with Crippen LogP contribution in [0.25, 0.3) is 0 Å². The number of likely N-dealkylation sites (N-methyl/N-ethyl adjacent to an activating group) is 1. The van der Waals surface area contributed by atoms with Crippen LogP contribution >= 0.6 is 0 Å². The van der Waals surface area contributed by atoms with E-state index in [-0.39, 0.29) is 11.9 Å². The summed E-state index contributed by atoms with van der Waals surface area (Å²) in [6.07, 6.45) is 6.01. The smallest absolute Gasteiger partial charge is 0.246 e. The lowest BCUT2D eigenvalue weighted by Gasteiger charge is -2.22. The molecule has 0 saturated heterocycles. The molecule has 0 spiro atoms. The van der Waals surface area contributed by atoms with E-state index < -0.39 is 0 Å². The summed E-state index contributed by atoms with van der Waals surface area (Å²) < 4.78 is 0.